The highest BCUT2D eigenvalue weighted by molar-refractivity contribution is 6.01. The van der Waals surface area contributed by atoms with Crippen LogP contribution in [0, 0.1) is 23.2 Å². The van der Waals surface area contributed by atoms with Gasteiger partial charge >= 0.3 is 5.97 Å². The molecule has 0 aromatic carbocycles. The summed E-state index contributed by atoms with van der Waals surface area (Å²) in [7, 11) is 0. The molecule has 1 rings (SSSR count). The van der Waals surface area contributed by atoms with E-state index in [2.05, 4.69) is 5.92 Å². The Bertz CT molecular complexity index is 477. The van der Waals surface area contributed by atoms with Crippen LogP contribution in [0.3, 0.4) is 0 Å². The van der Waals surface area contributed by atoms with Crippen molar-refractivity contribution in [3.05, 3.63) is 0 Å². The minimum atomic E-state index is -0.833. The van der Waals surface area contributed by atoms with Crippen LogP contribution in [0.1, 0.15) is 59.8 Å². The second-order valence-electron chi connectivity index (χ2n) is 6.11. The summed E-state index contributed by atoms with van der Waals surface area (Å²) in [6, 6.07) is 0. The van der Waals surface area contributed by atoms with Gasteiger partial charge in [-0.1, -0.05) is 13.8 Å². The first-order chi connectivity index (χ1) is 9.71. The van der Waals surface area contributed by atoms with Crippen LogP contribution in [-0.2, 0) is 19.2 Å². The van der Waals surface area contributed by atoms with Crippen molar-refractivity contribution in [2.45, 2.75) is 59.8 Å². The van der Waals surface area contributed by atoms with E-state index in [1.54, 1.807) is 6.92 Å². The molecule has 2 unspecified atom stereocenters. The molecule has 0 bridgehead atoms. The molecule has 116 valence electrons. The number of nitrogens with zero attached hydrogens (tertiary/aromatic N) is 1. The molecule has 0 N–H and O–H groups in total. The minimum Gasteiger partial charge on any atom is -0.330 e. The standard InChI is InChI=1S/C16H23NO4/c1-6-15(4,7-2)11-16(5,8-3)14(20)21-17-12(18)9-10-13(17)19/h1H,7-11H2,2-5H3. The van der Waals surface area contributed by atoms with Gasteiger partial charge in [-0.15, -0.1) is 17.4 Å². The molecule has 1 aliphatic heterocycles. The zero-order valence-electron chi connectivity index (χ0n) is 13.2. The molecular weight excluding hydrogens is 270 g/mol. The highest BCUT2D eigenvalue weighted by Gasteiger charge is 2.43. The number of rotatable bonds is 6. The van der Waals surface area contributed by atoms with Crippen molar-refractivity contribution >= 4 is 17.8 Å². The molecule has 2 atom stereocenters. The molecule has 2 amide bonds. The van der Waals surface area contributed by atoms with Crippen LogP contribution in [0.4, 0.5) is 0 Å². The summed E-state index contributed by atoms with van der Waals surface area (Å²) in [5.41, 5.74) is -1.26. The quantitative estimate of drug-likeness (QED) is 0.557. The minimum absolute atomic E-state index is 0.0893. The van der Waals surface area contributed by atoms with Gasteiger partial charge in [0.15, 0.2) is 0 Å². The molecule has 21 heavy (non-hydrogen) atoms. The predicted octanol–water partition coefficient (Wildman–Crippen LogP) is 2.45. The van der Waals surface area contributed by atoms with Crippen LogP contribution in [0.15, 0.2) is 0 Å². The lowest BCUT2D eigenvalue weighted by molar-refractivity contribution is -0.206. The smallest absolute Gasteiger partial charge is 0.330 e. The fraction of sp³-hybridized carbons (Fsp3) is 0.688. The van der Waals surface area contributed by atoms with Gasteiger partial charge in [-0.25, -0.2) is 4.79 Å². The Balaban J connectivity index is 2.88. The van der Waals surface area contributed by atoms with E-state index in [-0.39, 0.29) is 12.8 Å². The lowest BCUT2D eigenvalue weighted by Crippen LogP contribution is -2.41. The van der Waals surface area contributed by atoms with Crippen molar-refractivity contribution in [2.24, 2.45) is 10.8 Å². The van der Waals surface area contributed by atoms with E-state index in [0.29, 0.717) is 17.9 Å². The van der Waals surface area contributed by atoms with Crippen LogP contribution in [0.2, 0.25) is 0 Å². The maximum atomic E-state index is 12.4. The van der Waals surface area contributed by atoms with Crippen LogP contribution >= 0.6 is 0 Å². The van der Waals surface area contributed by atoms with Gasteiger partial charge in [-0.3, -0.25) is 9.59 Å². The maximum Gasteiger partial charge on any atom is 0.339 e. The molecule has 0 spiro atoms. The number of amides is 2. The van der Waals surface area contributed by atoms with E-state index in [1.165, 1.54) is 0 Å². The summed E-state index contributed by atoms with van der Waals surface area (Å²) < 4.78 is 0. The first-order valence-corrected chi connectivity index (χ1v) is 7.27. The molecule has 0 saturated carbocycles. The first kappa shape index (κ1) is 17.2. The molecule has 5 heteroatoms. The van der Waals surface area contributed by atoms with Crippen molar-refractivity contribution in [3.8, 4) is 12.3 Å². The molecule has 1 fully saturated rings. The fourth-order valence-electron chi connectivity index (χ4n) is 2.33. The van der Waals surface area contributed by atoms with E-state index in [9.17, 15) is 14.4 Å². The lowest BCUT2D eigenvalue weighted by Gasteiger charge is -2.34. The Kier molecular flexibility index (Phi) is 5.16. The Hall–Kier alpha value is -1.83. The first-order valence-electron chi connectivity index (χ1n) is 7.27. The lowest BCUT2D eigenvalue weighted by atomic mass is 9.71. The van der Waals surface area contributed by atoms with Gasteiger partial charge in [0.05, 0.1) is 5.41 Å². The highest BCUT2D eigenvalue weighted by atomic mass is 16.7. The molecule has 1 aliphatic rings. The van der Waals surface area contributed by atoms with Crippen molar-refractivity contribution in [3.63, 3.8) is 0 Å². The number of carbonyl (C=O) groups excluding carboxylic acids is 3. The molecule has 5 nitrogen and oxygen atoms in total. The molecule has 1 saturated heterocycles. The zero-order chi connectivity index (χ0) is 16.3. The molecule has 0 aromatic heterocycles. The van der Waals surface area contributed by atoms with E-state index >= 15 is 0 Å². The van der Waals surface area contributed by atoms with E-state index in [1.807, 2.05) is 20.8 Å². The second kappa shape index (κ2) is 6.30. The molecular formula is C16H23NO4. The molecule has 0 aliphatic carbocycles. The average molecular weight is 293 g/mol. The predicted molar refractivity (Wildman–Crippen MR) is 77.4 cm³/mol. The van der Waals surface area contributed by atoms with Gasteiger partial charge in [-0.05, 0) is 33.1 Å². The largest absolute Gasteiger partial charge is 0.339 e. The monoisotopic (exact) mass is 293 g/mol. The summed E-state index contributed by atoms with van der Waals surface area (Å²) in [5, 5.41) is 0.593. The van der Waals surface area contributed by atoms with Crippen molar-refractivity contribution < 1.29 is 19.2 Å². The Morgan fingerprint density at radius 2 is 1.76 bits per heavy atom. The van der Waals surface area contributed by atoms with E-state index < -0.39 is 28.6 Å². The Labute approximate surface area is 126 Å². The van der Waals surface area contributed by atoms with Crippen molar-refractivity contribution in [1.29, 1.82) is 0 Å². The number of carbonyl (C=O) groups is 3. The summed E-state index contributed by atoms with van der Waals surface area (Å²) in [4.78, 5) is 40.5. The van der Waals surface area contributed by atoms with Gasteiger partial charge in [-0.2, -0.15) is 0 Å². The van der Waals surface area contributed by atoms with Gasteiger partial charge in [0.1, 0.15) is 0 Å². The summed E-state index contributed by atoms with van der Waals surface area (Å²) >= 11 is 0. The topological polar surface area (TPSA) is 63.7 Å². The van der Waals surface area contributed by atoms with Crippen molar-refractivity contribution in [1.82, 2.24) is 5.06 Å². The van der Waals surface area contributed by atoms with Gasteiger partial charge in [0.2, 0.25) is 0 Å². The zero-order valence-corrected chi connectivity index (χ0v) is 13.2. The van der Waals surface area contributed by atoms with Crippen LogP contribution in [0.5, 0.6) is 0 Å². The van der Waals surface area contributed by atoms with Crippen LogP contribution in [0.25, 0.3) is 0 Å². The maximum absolute atomic E-state index is 12.4. The Morgan fingerprint density at radius 3 is 2.14 bits per heavy atom. The third-order valence-electron chi connectivity index (χ3n) is 4.36. The molecule has 0 aromatic rings. The molecule has 0 radical (unpaired) electrons. The number of hydroxylamine groups is 2. The third kappa shape index (κ3) is 3.63. The van der Waals surface area contributed by atoms with Crippen LogP contribution in [-0.4, -0.2) is 22.8 Å². The third-order valence-corrected chi connectivity index (χ3v) is 4.36. The summed E-state index contributed by atoms with van der Waals surface area (Å²) in [6.45, 7) is 7.50. The number of hydrogen-bond donors (Lipinski definition) is 0. The van der Waals surface area contributed by atoms with Gasteiger partial charge < -0.3 is 4.84 Å². The Morgan fingerprint density at radius 1 is 1.24 bits per heavy atom. The second-order valence-corrected chi connectivity index (χ2v) is 6.11. The SMILES string of the molecule is C#CC(C)(CC)CC(C)(CC)C(=O)ON1C(=O)CCC1=O. The number of terminal acetylenes is 1. The fourth-order valence-corrected chi connectivity index (χ4v) is 2.33. The molecule has 1 heterocycles. The van der Waals surface area contributed by atoms with Gasteiger partial charge in [0.25, 0.3) is 11.8 Å². The van der Waals surface area contributed by atoms with Crippen LogP contribution < -0.4 is 0 Å². The normalized spacial score (nSPS) is 20.6. The summed E-state index contributed by atoms with van der Waals surface area (Å²) in [5.74, 6) is 1.21. The highest BCUT2D eigenvalue weighted by Crippen LogP contribution is 2.39. The average Bonchev–Trinajstić information content (AvgIpc) is 2.78. The summed E-state index contributed by atoms with van der Waals surface area (Å²) in [6.07, 6.45) is 7.43. The number of imide groups is 1. The van der Waals surface area contributed by atoms with Gasteiger partial charge in [0, 0.05) is 18.3 Å². The van der Waals surface area contributed by atoms with E-state index in [4.69, 9.17) is 11.3 Å². The number of hydrogen-bond acceptors (Lipinski definition) is 4. The van der Waals surface area contributed by atoms with E-state index in [0.717, 1.165) is 6.42 Å². The van der Waals surface area contributed by atoms with Crippen molar-refractivity contribution in [2.75, 3.05) is 0 Å².